The van der Waals surface area contributed by atoms with Crippen LogP contribution in [0.2, 0.25) is 0 Å². The third-order valence-electron chi connectivity index (χ3n) is 4.44. The molecule has 0 radical (unpaired) electrons. The fourth-order valence-electron chi connectivity index (χ4n) is 3.02. The maximum Gasteiger partial charge on any atom is 0.220 e. The van der Waals surface area contributed by atoms with Gasteiger partial charge in [0.15, 0.2) is 5.78 Å². The summed E-state index contributed by atoms with van der Waals surface area (Å²) < 4.78 is 11.2. The number of carbonyl (C=O) groups is 2. The first kappa shape index (κ1) is 18.8. The molecule has 2 aromatic rings. The molecular formula is C19H24N2O4S. The maximum atomic E-state index is 12.2. The molecule has 26 heavy (non-hydrogen) atoms. The molecule has 1 aliphatic heterocycles. The highest BCUT2D eigenvalue weighted by atomic mass is 32.1. The van der Waals surface area contributed by atoms with Gasteiger partial charge in [-0.15, -0.1) is 11.3 Å². The zero-order valence-corrected chi connectivity index (χ0v) is 15.7. The van der Waals surface area contributed by atoms with Crippen LogP contribution in [-0.4, -0.2) is 49.4 Å². The Kier molecular flexibility index (Phi) is 6.60. The van der Waals surface area contributed by atoms with E-state index < -0.39 is 0 Å². The van der Waals surface area contributed by atoms with Crippen LogP contribution in [0.25, 0.3) is 0 Å². The number of hydrogen-bond donors (Lipinski definition) is 1. The van der Waals surface area contributed by atoms with Gasteiger partial charge >= 0.3 is 0 Å². The largest absolute Gasteiger partial charge is 0.465 e. The summed E-state index contributed by atoms with van der Waals surface area (Å²) in [6.07, 6.45) is 0.429. The van der Waals surface area contributed by atoms with Gasteiger partial charge in [0.05, 0.1) is 24.1 Å². The van der Waals surface area contributed by atoms with Crippen molar-refractivity contribution < 1.29 is 18.7 Å². The molecule has 0 unspecified atom stereocenters. The Hall–Kier alpha value is -1.96. The number of thiophene rings is 1. The number of amides is 1. The summed E-state index contributed by atoms with van der Waals surface area (Å²) >= 11 is 1.41. The van der Waals surface area contributed by atoms with E-state index in [0.29, 0.717) is 24.6 Å². The van der Waals surface area contributed by atoms with E-state index in [-0.39, 0.29) is 30.6 Å². The fourth-order valence-corrected chi connectivity index (χ4v) is 3.71. The summed E-state index contributed by atoms with van der Waals surface area (Å²) in [5.74, 6) is 1.60. The van der Waals surface area contributed by atoms with Gasteiger partial charge in [0, 0.05) is 32.5 Å². The first-order valence-electron chi connectivity index (χ1n) is 8.85. The Bertz CT molecular complexity index is 720. The first-order chi connectivity index (χ1) is 12.6. The molecule has 0 bridgehead atoms. The highest BCUT2D eigenvalue weighted by Gasteiger charge is 2.25. The Morgan fingerprint density at radius 1 is 1.23 bits per heavy atom. The molecule has 1 fully saturated rings. The van der Waals surface area contributed by atoms with Crippen LogP contribution in [0, 0.1) is 6.92 Å². The van der Waals surface area contributed by atoms with Gasteiger partial charge in [0.2, 0.25) is 5.91 Å². The molecular weight excluding hydrogens is 352 g/mol. The maximum absolute atomic E-state index is 12.2. The van der Waals surface area contributed by atoms with E-state index >= 15 is 0 Å². The number of hydrogen-bond acceptors (Lipinski definition) is 6. The van der Waals surface area contributed by atoms with E-state index in [0.717, 1.165) is 24.6 Å². The molecule has 6 nitrogen and oxygen atoms in total. The van der Waals surface area contributed by atoms with Gasteiger partial charge in [0.1, 0.15) is 11.5 Å². The van der Waals surface area contributed by atoms with Gasteiger partial charge in [-0.2, -0.15) is 0 Å². The lowest BCUT2D eigenvalue weighted by Gasteiger charge is -2.33. The molecule has 0 aliphatic carbocycles. The number of nitrogens with zero attached hydrogens (tertiary/aromatic N) is 1. The molecule has 1 aliphatic rings. The molecule has 3 rings (SSSR count). The van der Waals surface area contributed by atoms with Crippen molar-refractivity contribution in [2.24, 2.45) is 0 Å². The number of rotatable bonds is 8. The molecule has 7 heteroatoms. The lowest BCUT2D eigenvalue weighted by molar-refractivity contribution is -0.121. The lowest BCUT2D eigenvalue weighted by atomic mass is 10.1. The quantitative estimate of drug-likeness (QED) is 0.718. The number of carbonyl (C=O) groups excluding carboxylic acids is 2. The second-order valence-electron chi connectivity index (χ2n) is 6.32. The van der Waals surface area contributed by atoms with Crippen molar-refractivity contribution >= 4 is 23.0 Å². The van der Waals surface area contributed by atoms with Crippen LogP contribution in [0.4, 0.5) is 0 Å². The van der Waals surface area contributed by atoms with Crippen LogP contribution in [-0.2, 0) is 9.53 Å². The molecule has 3 heterocycles. The van der Waals surface area contributed by atoms with Gasteiger partial charge in [-0.05, 0) is 30.5 Å². The van der Waals surface area contributed by atoms with E-state index in [2.05, 4.69) is 10.2 Å². The van der Waals surface area contributed by atoms with Crippen LogP contribution in [0.3, 0.4) is 0 Å². The van der Waals surface area contributed by atoms with Crippen molar-refractivity contribution in [3.05, 3.63) is 46.0 Å². The minimum atomic E-state index is -0.114. The number of ether oxygens (including phenoxy) is 1. The zero-order chi connectivity index (χ0) is 18.4. The minimum absolute atomic E-state index is 0.0153. The van der Waals surface area contributed by atoms with Gasteiger partial charge < -0.3 is 14.5 Å². The summed E-state index contributed by atoms with van der Waals surface area (Å²) in [4.78, 5) is 27.2. The Labute approximate surface area is 157 Å². The lowest BCUT2D eigenvalue weighted by Crippen LogP contribution is -2.43. The molecule has 2 aromatic heterocycles. The molecule has 140 valence electrons. The first-order valence-corrected chi connectivity index (χ1v) is 9.73. The molecule has 0 aromatic carbocycles. The standard InChI is InChI=1S/C19H24N2O4S/c1-14-4-6-17(25-14)15(21-8-10-24-11-9-21)13-20-19(23)7-5-16(22)18-3-2-12-26-18/h2-4,6,12,15H,5,7-11,13H2,1H3,(H,20,23)/t15-/m0/s1. The minimum Gasteiger partial charge on any atom is -0.465 e. The third kappa shape index (κ3) is 5.03. The van der Waals surface area contributed by atoms with Crippen molar-refractivity contribution in [2.75, 3.05) is 32.8 Å². The average molecular weight is 376 g/mol. The average Bonchev–Trinajstić information content (AvgIpc) is 3.33. The number of nitrogens with one attached hydrogen (secondary N) is 1. The number of ketones is 1. The Morgan fingerprint density at radius 3 is 2.69 bits per heavy atom. The van der Waals surface area contributed by atoms with Crippen LogP contribution >= 0.6 is 11.3 Å². The van der Waals surface area contributed by atoms with E-state index in [1.807, 2.05) is 30.5 Å². The van der Waals surface area contributed by atoms with Gasteiger partial charge in [-0.1, -0.05) is 6.07 Å². The SMILES string of the molecule is Cc1ccc([C@H](CNC(=O)CCC(=O)c2cccs2)N2CCOCC2)o1. The summed E-state index contributed by atoms with van der Waals surface area (Å²) in [6, 6.07) is 7.51. The van der Waals surface area contributed by atoms with Crippen LogP contribution in [0.15, 0.2) is 34.1 Å². The molecule has 0 spiro atoms. The van der Waals surface area contributed by atoms with Crippen molar-refractivity contribution in [2.45, 2.75) is 25.8 Å². The predicted molar refractivity (Wildman–Crippen MR) is 99.5 cm³/mol. The van der Waals surface area contributed by atoms with Crippen LogP contribution in [0.1, 0.15) is 40.1 Å². The highest BCUT2D eigenvalue weighted by Crippen LogP contribution is 2.23. The summed E-state index contributed by atoms with van der Waals surface area (Å²) in [7, 11) is 0. The number of furan rings is 1. The second kappa shape index (κ2) is 9.12. The van der Waals surface area contributed by atoms with Crippen molar-refractivity contribution in [3.63, 3.8) is 0 Å². The fraction of sp³-hybridized carbons (Fsp3) is 0.474. The van der Waals surface area contributed by atoms with Crippen LogP contribution in [0.5, 0.6) is 0 Å². The topological polar surface area (TPSA) is 71.8 Å². The van der Waals surface area contributed by atoms with Gasteiger partial charge in [0.25, 0.3) is 0 Å². The molecule has 1 atom stereocenters. The van der Waals surface area contributed by atoms with Crippen molar-refractivity contribution in [3.8, 4) is 0 Å². The molecule has 1 amide bonds. The molecule has 1 N–H and O–H groups in total. The summed E-state index contributed by atoms with van der Waals surface area (Å²) in [5, 5.41) is 4.82. The van der Waals surface area contributed by atoms with Crippen molar-refractivity contribution in [1.29, 1.82) is 0 Å². The molecule has 0 saturated carbocycles. The highest BCUT2D eigenvalue weighted by molar-refractivity contribution is 7.12. The van der Waals surface area contributed by atoms with Gasteiger partial charge in [-0.3, -0.25) is 14.5 Å². The normalized spacial score (nSPS) is 16.3. The van der Waals surface area contributed by atoms with Gasteiger partial charge in [-0.25, -0.2) is 0 Å². The molecule has 1 saturated heterocycles. The zero-order valence-electron chi connectivity index (χ0n) is 14.9. The monoisotopic (exact) mass is 376 g/mol. The Morgan fingerprint density at radius 2 is 2.04 bits per heavy atom. The second-order valence-corrected chi connectivity index (χ2v) is 7.26. The number of morpholine rings is 1. The van der Waals surface area contributed by atoms with Crippen LogP contribution < -0.4 is 5.32 Å². The third-order valence-corrected chi connectivity index (χ3v) is 5.35. The number of aryl methyl sites for hydroxylation is 1. The summed E-state index contributed by atoms with van der Waals surface area (Å²) in [5.41, 5.74) is 0. The van der Waals surface area contributed by atoms with E-state index in [1.165, 1.54) is 11.3 Å². The van der Waals surface area contributed by atoms with Crippen molar-refractivity contribution in [1.82, 2.24) is 10.2 Å². The Balaban J connectivity index is 1.53. The summed E-state index contributed by atoms with van der Waals surface area (Å²) in [6.45, 7) is 5.33. The van der Waals surface area contributed by atoms with E-state index in [1.54, 1.807) is 6.07 Å². The number of Topliss-reactive ketones (excluding diaryl/α,β-unsaturated/α-hetero) is 1. The predicted octanol–water partition coefficient (Wildman–Crippen LogP) is 2.80. The van der Waals surface area contributed by atoms with E-state index in [4.69, 9.17) is 9.15 Å². The smallest absolute Gasteiger partial charge is 0.220 e. The van der Waals surface area contributed by atoms with E-state index in [9.17, 15) is 9.59 Å².